The first-order valence-electron chi connectivity index (χ1n) is 6.90. The van der Waals surface area contributed by atoms with Crippen molar-refractivity contribution in [2.45, 2.75) is 20.5 Å². The maximum atomic E-state index is 12.0. The fraction of sp³-hybridized carbons (Fsp3) is 0.176. The smallest absolute Gasteiger partial charge is 0.342 e. The zero-order chi connectivity index (χ0) is 16.6. The highest BCUT2D eigenvalue weighted by atomic mass is 35.5. The molecule has 118 valence electrons. The summed E-state index contributed by atoms with van der Waals surface area (Å²) < 4.78 is 15.5. The van der Waals surface area contributed by atoms with Gasteiger partial charge in [0.2, 0.25) is 0 Å². The molecule has 0 atom stereocenters. The summed E-state index contributed by atoms with van der Waals surface area (Å²) in [5, 5.41) is 1.18. The topological polar surface area (TPSA) is 69.7 Å². The summed E-state index contributed by atoms with van der Waals surface area (Å²) in [5.41, 5.74) is 1.58. The van der Waals surface area contributed by atoms with Crippen molar-refractivity contribution in [1.29, 1.82) is 0 Å². The first kappa shape index (κ1) is 15.4. The van der Waals surface area contributed by atoms with E-state index in [4.69, 9.17) is 25.2 Å². The van der Waals surface area contributed by atoms with E-state index in [1.165, 1.54) is 18.4 Å². The molecule has 0 amide bonds. The Labute approximate surface area is 136 Å². The molecule has 0 spiro atoms. The normalized spacial score (nSPS) is 10.9. The van der Waals surface area contributed by atoms with Crippen LogP contribution in [0.2, 0.25) is 5.02 Å². The molecule has 0 aliphatic carbocycles. The molecule has 2 aromatic heterocycles. The van der Waals surface area contributed by atoms with E-state index in [1.54, 1.807) is 19.1 Å². The predicted molar refractivity (Wildman–Crippen MR) is 84.8 cm³/mol. The molecule has 6 heteroatoms. The van der Waals surface area contributed by atoms with Gasteiger partial charge in [-0.15, -0.1) is 0 Å². The van der Waals surface area contributed by atoms with Crippen molar-refractivity contribution in [1.82, 2.24) is 0 Å². The third-order valence-corrected chi connectivity index (χ3v) is 3.95. The average molecular weight is 333 g/mol. The molecule has 0 saturated heterocycles. The minimum absolute atomic E-state index is 0.0645. The Hall–Kier alpha value is -2.53. The van der Waals surface area contributed by atoms with Gasteiger partial charge in [0.25, 0.3) is 0 Å². The molecule has 3 aromatic rings. The molecule has 2 heterocycles. The highest BCUT2D eigenvalue weighted by molar-refractivity contribution is 6.32. The number of ether oxygens (including phenoxy) is 1. The van der Waals surface area contributed by atoms with Crippen LogP contribution in [0.5, 0.6) is 0 Å². The zero-order valence-electron chi connectivity index (χ0n) is 12.5. The molecule has 0 unspecified atom stereocenters. The first-order valence-corrected chi connectivity index (χ1v) is 7.27. The van der Waals surface area contributed by atoms with Crippen LogP contribution in [0.15, 0.2) is 44.2 Å². The molecule has 0 aliphatic rings. The van der Waals surface area contributed by atoms with Gasteiger partial charge in [0.05, 0.1) is 6.26 Å². The van der Waals surface area contributed by atoms with E-state index in [9.17, 15) is 9.59 Å². The van der Waals surface area contributed by atoms with Crippen LogP contribution in [-0.2, 0) is 11.3 Å². The number of benzene rings is 1. The maximum Gasteiger partial charge on any atom is 0.342 e. The van der Waals surface area contributed by atoms with Gasteiger partial charge < -0.3 is 13.6 Å². The monoisotopic (exact) mass is 332 g/mol. The highest BCUT2D eigenvalue weighted by Gasteiger charge is 2.15. The Balaban J connectivity index is 1.94. The number of hydrogen-bond donors (Lipinski definition) is 0. The van der Waals surface area contributed by atoms with Crippen molar-refractivity contribution in [2.75, 3.05) is 0 Å². The number of carbonyl (C=O) groups is 1. The lowest BCUT2D eigenvalue weighted by molar-refractivity contribution is 0.0472. The van der Waals surface area contributed by atoms with Crippen molar-refractivity contribution in [3.63, 3.8) is 0 Å². The zero-order valence-corrected chi connectivity index (χ0v) is 13.3. The number of esters is 1. The fourth-order valence-corrected chi connectivity index (χ4v) is 2.45. The number of aryl methyl sites for hydroxylation is 2. The summed E-state index contributed by atoms with van der Waals surface area (Å²) in [6, 6.07) is 6.21. The second-order valence-corrected chi connectivity index (χ2v) is 5.56. The lowest BCUT2D eigenvalue weighted by Crippen LogP contribution is -2.08. The summed E-state index contributed by atoms with van der Waals surface area (Å²) >= 11 is 6.12. The largest absolute Gasteiger partial charge is 0.469 e. The molecule has 5 nitrogen and oxygen atoms in total. The van der Waals surface area contributed by atoms with Gasteiger partial charge in [0, 0.05) is 22.0 Å². The molecule has 1 aromatic carbocycles. The number of fused-ring (bicyclic) bond motifs is 1. The van der Waals surface area contributed by atoms with E-state index in [-0.39, 0.29) is 6.61 Å². The Morgan fingerprint density at radius 2 is 2.04 bits per heavy atom. The number of carbonyl (C=O) groups excluding carboxylic acids is 1. The van der Waals surface area contributed by atoms with Gasteiger partial charge in [-0.25, -0.2) is 9.59 Å². The Bertz CT molecular complexity index is 951. The van der Waals surface area contributed by atoms with Crippen LogP contribution in [0.25, 0.3) is 11.0 Å². The number of halogens is 1. The summed E-state index contributed by atoms with van der Waals surface area (Å²) in [4.78, 5) is 23.7. The molecule has 0 fully saturated rings. The third-order valence-electron chi connectivity index (χ3n) is 3.55. The molecule has 23 heavy (non-hydrogen) atoms. The molecular formula is C17H13ClO5. The second kappa shape index (κ2) is 5.93. The van der Waals surface area contributed by atoms with Crippen LogP contribution in [0.4, 0.5) is 0 Å². The molecule has 0 radical (unpaired) electrons. The minimum atomic E-state index is -0.518. The minimum Gasteiger partial charge on any atom is -0.469 e. The lowest BCUT2D eigenvalue weighted by atomic mass is 10.1. The fourth-order valence-electron chi connectivity index (χ4n) is 2.29. The Morgan fingerprint density at radius 3 is 2.74 bits per heavy atom. The van der Waals surface area contributed by atoms with Gasteiger partial charge in [-0.1, -0.05) is 11.6 Å². The molecule has 0 aliphatic heterocycles. The van der Waals surface area contributed by atoms with Crippen LogP contribution >= 0.6 is 11.6 Å². The summed E-state index contributed by atoms with van der Waals surface area (Å²) in [6.45, 7) is 3.42. The molecule has 3 rings (SSSR count). The van der Waals surface area contributed by atoms with Crippen LogP contribution in [0.1, 0.15) is 27.2 Å². The van der Waals surface area contributed by atoms with Crippen LogP contribution in [0.3, 0.4) is 0 Å². The predicted octanol–water partition coefficient (Wildman–Crippen LogP) is 4.01. The number of furan rings is 1. The van der Waals surface area contributed by atoms with E-state index in [2.05, 4.69) is 0 Å². The van der Waals surface area contributed by atoms with E-state index < -0.39 is 11.6 Å². The van der Waals surface area contributed by atoms with Gasteiger partial charge in [-0.05, 0) is 37.6 Å². The van der Waals surface area contributed by atoms with E-state index in [0.717, 1.165) is 5.56 Å². The average Bonchev–Trinajstić information content (AvgIpc) is 2.92. The van der Waals surface area contributed by atoms with Crippen LogP contribution < -0.4 is 5.63 Å². The van der Waals surface area contributed by atoms with Crippen molar-refractivity contribution in [3.05, 3.63) is 68.4 Å². The molecule has 0 saturated carbocycles. The molecular weight excluding hydrogens is 320 g/mol. The highest BCUT2D eigenvalue weighted by Crippen LogP contribution is 2.25. The standard InChI is InChI=1S/C17H13ClO5/c1-9-5-15-13(7-14(9)18)11(6-16(19)23-15)8-22-17(20)12-3-4-21-10(12)2/h3-7H,8H2,1-2H3. The summed E-state index contributed by atoms with van der Waals surface area (Å²) in [7, 11) is 0. The van der Waals surface area contributed by atoms with Crippen molar-refractivity contribution < 1.29 is 18.4 Å². The van der Waals surface area contributed by atoms with E-state index in [0.29, 0.717) is 32.9 Å². The third kappa shape index (κ3) is 3.00. The first-order chi connectivity index (χ1) is 11.0. The van der Waals surface area contributed by atoms with Crippen LogP contribution in [-0.4, -0.2) is 5.97 Å². The van der Waals surface area contributed by atoms with Gasteiger partial charge in [-0.3, -0.25) is 0 Å². The van der Waals surface area contributed by atoms with Gasteiger partial charge in [0.15, 0.2) is 0 Å². The second-order valence-electron chi connectivity index (χ2n) is 5.15. The van der Waals surface area contributed by atoms with Gasteiger partial charge in [0.1, 0.15) is 23.5 Å². The SMILES string of the molecule is Cc1cc2oc(=O)cc(COC(=O)c3ccoc3C)c2cc1Cl. The van der Waals surface area contributed by atoms with Gasteiger partial charge in [-0.2, -0.15) is 0 Å². The van der Waals surface area contributed by atoms with Crippen molar-refractivity contribution in [2.24, 2.45) is 0 Å². The molecule has 0 N–H and O–H groups in total. The van der Waals surface area contributed by atoms with Crippen molar-refractivity contribution >= 4 is 28.5 Å². The Kier molecular flexibility index (Phi) is 3.96. The number of hydrogen-bond acceptors (Lipinski definition) is 5. The summed E-state index contributed by atoms with van der Waals surface area (Å²) in [5.74, 6) is -0.0399. The van der Waals surface area contributed by atoms with E-state index >= 15 is 0 Å². The van der Waals surface area contributed by atoms with Gasteiger partial charge >= 0.3 is 11.6 Å². The van der Waals surface area contributed by atoms with Crippen molar-refractivity contribution in [3.8, 4) is 0 Å². The quantitative estimate of drug-likeness (QED) is 0.535. The maximum absolute atomic E-state index is 12.0. The van der Waals surface area contributed by atoms with Crippen LogP contribution in [0, 0.1) is 13.8 Å². The molecule has 0 bridgehead atoms. The lowest BCUT2D eigenvalue weighted by Gasteiger charge is -2.08. The Morgan fingerprint density at radius 1 is 1.26 bits per heavy atom. The van der Waals surface area contributed by atoms with E-state index in [1.807, 2.05) is 6.92 Å². The number of rotatable bonds is 3. The summed E-state index contributed by atoms with van der Waals surface area (Å²) in [6.07, 6.45) is 1.42.